The number of nitrogens with zero attached hydrogens (tertiary/aromatic N) is 6. The summed E-state index contributed by atoms with van der Waals surface area (Å²) in [5.74, 6) is 0.936. The van der Waals surface area contributed by atoms with Gasteiger partial charge in [-0.2, -0.15) is 4.52 Å². The maximum Gasteiger partial charge on any atom is 0.255 e. The summed E-state index contributed by atoms with van der Waals surface area (Å²) >= 11 is 6.18. The summed E-state index contributed by atoms with van der Waals surface area (Å²) in [5, 5.41) is 13.5. The molecule has 3 heterocycles. The Labute approximate surface area is 182 Å². The molecule has 1 aliphatic rings. The lowest BCUT2D eigenvalue weighted by atomic mass is 10.2. The summed E-state index contributed by atoms with van der Waals surface area (Å²) in [6, 6.07) is 16.9. The number of anilines is 1. The first-order valence-electron chi connectivity index (χ1n) is 9.87. The molecule has 0 saturated carbocycles. The molecule has 31 heavy (non-hydrogen) atoms. The normalized spacial score (nSPS) is 14.3. The largest absolute Gasteiger partial charge is 0.352 e. The SMILES string of the molecule is O=C(c1ccccc1Cl)N1CCN(c2ccc3nnc(-c4ccc(F)cc4)n3n2)CC1. The monoisotopic (exact) mass is 436 g/mol. The minimum absolute atomic E-state index is 0.0638. The van der Waals surface area contributed by atoms with Crippen LogP contribution < -0.4 is 4.90 Å². The van der Waals surface area contributed by atoms with Gasteiger partial charge in [0.05, 0.1) is 10.6 Å². The van der Waals surface area contributed by atoms with Gasteiger partial charge in [-0.15, -0.1) is 15.3 Å². The Kier molecular flexibility index (Phi) is 4.99. The first-order chi connectivity index (χ1) is 15.1. The molecule has 0 unspecified atom stereocenters. The van der Waals surface area contributed by atoms with Crippen molar-refractivity contribution in [1.29, 1.82) is 0 Å². The Morgan fingerprint density at radius 1 is 0.903 bits per heavy atom. The van der Waals surface area contributed by atoms with Crippen molar-refractivity contribution in [2.24, 2.45) is 0 Å². The van der Waals surface area contributed by atoms with Gasteiger partial charge < -0.3 is 9.80 Å². The summed E-state index contributed by atoms with van der Waals surface area (Å²) in [6.45, 7) is 2.42. The minimum Gasteiger partial charge on any atom is -0.352 e. The quantitative estimate of drug-likeness (QED) is 0.491. The van der Waals surface area contributed by atoms with Crippen molar-refractivity contribution in [2.45, 2.75) is 0 Å². The van der Waals surface area contributed by atoms with Crippen molar-refractivity contribution in [3.63, 3.8) is 0 Å². The molecule has 2 aromatic heterocycles. The zero-order valence-electron chi connectivity index (χ0n) is 16.4. The highest BCUT2D eigenvalue weighted by molar-refractivity contribution is 6.33. The Bertz CT molecular complexity index is 1250. The maximum absolute atomic E-state index is 13.3. The average Bonchev–Trinajstić information content (AvgIpc) is 3.23. The molecule has 0 atom stereocenters. The van der Waals surface area contributed by atoms with Gasteiger partial charge in [0.25, 0.3) is 5.91 Å². The first kappa shape index (κ1) is 19.4. The van der Waals surface area contributed by atoms with E-state index in [9.17, 15) is 9.18 Å². The molecule has 1 aliphatic heterocycles. The molecule has 0 N–H and O–H groups in total. The second kappa shape index (κ2) is 7.96. The molecule has 9 heteroatoms. The molecule has 0 aliphatic carbocycles. The van der Waals surface area contributed by atoms with Crippen LogP contribution in [0.1, 0.15) is 10.4 Å². The van der Waals surface area contributed by atoms with Crippen molar-refractivity contribution in [3.8, 4) is 11.4 Å². The second-order valence-corrected chi connectivity index (χ2v) is 7.66. The topological polar surface area (TPSA) is 66.6 Å². The average molecular weight is 437 g/mol. The van der Waals surface area contributed by atoms with Crippen LogP contribution in [0.25, 0.3) is 17.0 Å². The number of rotatable bonds is 3. The number of hydrogen-bond donors (Lipinski definition) is 0. The molecule has 0 spiro atoms. The van der Waals surface area contributed by atoms with Crippen molar-refractivity contribution in [2.75, 3.05) is 31.1 Å². The van der Waals surface area contributed by atoms with Gasteiger partial charge >= 0.3 is 0 Å². The van der Waals surface area contributed by atoms with Gasteiger partial charge in [0.15, 0.2) is 11.5 Å². The first-order valence-corrected chi connectivity index (χ1v) is 10.2. The van der Waals surface area contributed by atoms with Crippen LogP contribution in [0.2, 0.25) is 5.02 Å². The lowest BCUT2D eigenvalue weighted by Crippen LogP contribution is -2.49. The smallest absolute Gasteiger partial charge is 0.255 e. The molecule has 5 rings (SSSR count). The van der Waals surface area contributed by atoms with Crippen LogP contribution in [-0.2, 0) is 0 Å². The van der Waals surface area contributed by atoms with E-state index >= 15 is 0 Å². The van der Waals surface area contributed by atoms with Crippen LogP contribution in [0, 0.1) is 5.82 Å². The van der Waals surface area contributed by atoms with E-state index in [4.69, 9.17) is 16.7 Å². The number of piperazine rings is 1. The fourth-order valence-electron chi connectivity index (χ4n) is 3.67. The standard InChI is InChI=1S/C22H18ClFN6O/c23-18-4-2-1-3-17(18)22(31)29-13-11-28(12-14-29)20-10-9-19-25-26-21(30(19)27-20)15-5-7-16(24)8-6-15/h1-10H,11-14H2. The van der Waals surface area contributed by atoms with Crippen LogP contribution in [0.15, 0.2) is 60.7 Å². The van der Waals surface area contributed by atoms with Crippen LogP contribution in [0.3, 0.4) is 0 Å². The molecular weight excluding hydrogens is 419 g/mol. The maximum atomic E-state index is 13.3. The fourth-order valence-corrected chi connectivity index (χ4v) is 3.89. The zero-order chi connectivity index (χ0) is 21.4. The van der Waals surface area contributed by atoms with Crippen LogP contribution in [0.4, 0.5) is 10.2 Å². The lowest BCUT2D eigenvalue weighted by molar-refractivity contribution is 0.0746. The highest BCUT2D eigenvalue weighted by atomic mass is 35.5. The molecular formula is C22H18ClFN6O. The third-order valence-electron chi connectivity index (χ3n) is 5.35. The third-order valence-corrected chi connectivity index (χ3v) is 5.68. The van der Waals surface area contributed by atoms with Crippen molar-refractivity contribution < 1.29 is 9.18 Å². The Morgan fingerprint density at radius 2 is 1.65 bits per heavy atom. The Morgan fingerprint density at radius 3 is 2.39 bits per heavy atom. The molecule has 2 aromatic carbocycles. The van der Waals surface area contributed by atoms with Gasteiger partial charge in [-0.3, -0.25) is 4.79 Å². The molecule has 4 aromatic rings. The molecule has 0 radical (unpaired) electrons. The number of carbonyl (C=O) groups is 1. The van der Waals surface area contributed by atoms with Crippen molar-refractivity contribution in [3.05, 3.63) is 77.1 Å². The van der Waals surface area contributed by atoms with Crippen molar-refractivity contribution >= 4 is 29.0 Å². The third kappa shape index (κ3) is 3.70. The number of halogens is 2. The van der Waals surface area contributed by atoms with E-state index in [1.165, 1.54) is 12.1 Å². The molecule has 1 saturated heterocycles. The van der Waals surface area contributed by atoms with Gasteiger partial charge in [0.1, 0.15) is 11.6 Å². The Hall–Kier alpha value is -3.52. The van der Waals surface area contributed by atoms with Crippen LogP contribution in [-0.4, -0.2) is 56.8 Å². The van der Waals surface area contributed by atoms with Gasteiger partial charge in [0.2, 0.25) is 0 Å². The van der Waals surface area contributed by atoms with Gasteiger partial charge in [-0.05, 0) is 48.5 Å². The predicted molar refractivity (Wildman–Crippen MR) is 116 cm³/mol. The van der Waals surface area contributed by atoms with E-state index in [0.29, 0.717) is 48.2 Å². The molecule has 0 bridgehead atoms. The second-order valence-electron chi connectivity index (χ2n) is 7.25. The predicted octanol–water partition coefficient (Wildman–Crippen LogP) is 3.55. The number of hydrogen-bond acceptors (Lipinski definition) is 5. The Balaban J connectivity index is 1.35. The summed E-state index contributed by atoms with van der Waals surface area (Å²) in [4.78, 5) is 16.7. The summed E-state index contributed by atoms with van der Waals surface area (Å²) in [5.41, 5.74) is 1.86. The van der Waals surface area contributed by atoms with Crippen LogP contribution in [0.5, 0.6) is 0 Å². The van der Waals surface area contributed by atoms with Gasteiger partial charge in [0, 0.05) is 31.7 Å². The van der Waals surface area contributed by atoms with E-state index in [2.05, 4.69) is 15.1 Å². The number of carbonyl (C=O) groups excluding carboxylic acids is 1. The minimum atomic E-state index is -0.310. The fraction of sp³-hybridized carbons (Fsp3) is 0.182. The highest BCUT2D eigenvalue weighted by Gasteiger charge is 2.24. The van der Waals surface area contributed by atoms with Crippen molar-refractivity contribution in [1.82, 2.24) is 24.7 Å². The number of benzene rings is 2. The van der Waals surface area contributed by atoms with E-state index in [-0.39, 0.29) is 11.7 Å². The lowest BCUT2D eigenvalue weighted by Gasteiger charge is -2.35. The molecule has 156 valence electrons. The number of amides is 1. The number of fused-ring (bicyclic) bond motifs is 1. The summed E-state index contributed by atoms with van der Waals surface area (Å²) in [6.07, 6.45) is 0. The molecule has 1 fully saturated rings. The number of aromatic nitrogens is 4. The van der Waals surface area contributed by atoms with Gasteiger partial charge in [-0.1, -0.05) is 23.7 Å². The van der Waals surface area contributed by atoms with E-state index in [1.54, 1.807) is 33.7 Å². The highest BCUT2D eigenvalue weighted by Crippen LogP contribution is 2.22. The van der Waals surface area contributed by atoms with Crippen LogP contribution >= 0.6 is 11.6 Å². The van der Waals surface area contributed by atoms with E-state index in [1.807, 2.05) is 24.3 Å². The van der Waals surface area contributed by atoms with E-state index in [0.717, 1.165) is 11.4 Å². The molecule has 1 amide bonds. The van der Waals surface area contributed by atoms with Gasteiger partial charge in [-0.25, -0.2) is 4.39 Å². The zero-order valence-corrected chi connectivity index (χ0v) is 17.2. The van der Waals surface area contributed by atoms with E-state index < -0.39 is 0 Å². The molecule has 7 nitrogen and oxygen atoms in total. The summed E-state index contributed by atoms with van der Waals surface area (Å²) in [7, 11) is 0. The summed E-state index contributed by atoms with van der Waals surface area (Å²) < 4.78 is 14.9.